The van der Waals surface area contributed by atoms with E-state index in [0.29, 0.717) is 11.7 Å². The third kappa shape index (κ3) is 3.96. The van der Waals surface area contributed by atoms with E-state index in [-0.39, 0.29) is 11.4 Å². The minimum absolute atomic E-state index is 0.0739. The fourth-order valence-corrected chi connectivity index (χ4v) is 3.31. The first-order chi connectivity index (χ1) is 11.8. The molecule has 3 aromatic rings. The molecule has 130 valence electrons. The van der Waals surface area contributed by atoms with E-state index in [1.807, 2.05) is 18.2 Å². The van der Waals surface area contributed by atoms with Crippen LogP contribution in [0.2, 0.25) is 0 Å². The smallest absolute Gasteiger partial charge is 0.323 e. The fraction of sp³-hybridized carbons (Fsp3) is 0.316. The van der Waals surface area contributed by atoms with Crippen LogP contribution in [0.5, 0.6) is 0 Å². The number of urea groups is 1. The normalized spacial score (nSPS) is 11.5. The van der Waals surface area contributed by atoms with Gasteiger partial charge in [-0.25, -0.2) is 4.79 Å². The van der Waals surface area contributed by atoms with E-state index in [0.717, 1.165) is 16.0 Å². The highest BCUT2D eigenvalue weighted by molar-refractivity contribution is 7.15. The first-order valence-electron chi connectivity index (χ1n) is 8.17. The molecule has 0 aliphatic carbocycles. The Bertz CT molecular complexity index is 892. The zero-order chi connectivity index (χ0) is 18.0. The van der Waals surface area contributed by atoms with E-state index < -0.39 is 0 Å². The number of carbonyl (C=O) groups excluding carboxylic acids is 1. The fourth-order valence-electron chi connectivity index (χ4n) is 2.52. The number of hydrogen-bond donors (Lipinski definition) is 1. The van der Waals surface area contributed by atoms with E-state index >= 15 is 0 Å². The number of amides is 2. The number of benzene rings is 2. The number of carbonyl (C=O) groups is 1. The van der Waals surface area contributed by atoms with Gasteiger partial charge in [0, 0.05) is 19.0 Å². The molecule has 0 spiro atoms. The van der Waals surface area contributed by atoms with Crippen LogP contribution in [0.1, 0.15) is 31.3 Å². The molecule has 1 N–H and O–H groups in total. The summed E-state index contributed by atoms with van der Waals surface area (Å²) in [5, 5.41) is 14.8. The van der Waals surface area contributed by atoms with Crippen LogP contribution in [0.4, 0.5) is 9.93 Å². The Morgan fingerprint density at radius 1 is 1.12 bits per heavy atom. The molecular formula is C19H22N4OS. The van der Waals surface area contributed by atoms with Crippen molar-refractivity contribution in [3.63, 3.8) is 0 Å². The summed E-state index contributed by atoms with van der Waals surface area (Å²) in [6, 6.07) is 14.1. The van der Waals surface area contributed by atoms with Gasteiger partial charge in [0.15, 0.2) is 0 Å². The summed E-state index contributed by atoms with van der Waals surface area (Å²) < 4.78 is 0. The average Bonchev–Trinajstić information content (AvgIpc) is 3.04. The zero-order valence-electron chi connectivity index (χ0n) is 14.9. The largest absolute Gasteiger partial charge is 0.323 e. The van der Waals surface area contributed by atoms with Crippen LogP contribution in [0.15, 0.2) is 42.5 Å². The maximum atomic E-state index is 12.5. The van der Waals surface area contributed by atoms with Gasteiger partial charge in [-0.3, -0.25) is 5.32 Å². The molecule has 0 fully saturated rings. The van der Waals surface area contributed by atoms with Gasteiger partial charge in [0.2, 0.25) is 5.13 Å². The molecule has 0 aliphatic heterocycles. The Morgan fingerprint density at radius 2 is 1.84 bits per heavy atom. The van der Waals surface area contributed by atoms with Gasteiger partial charge in [0.25, 0.3) is 0 Å². The second kappa shape index (κ2) is 6.80. The molecule has 0 aliphatic rings. The molecule has 0 unspecified atom stereocenters. The predicted octanol–water partition coefficient (Wildman–Crippen LogP) is 4.65. The van der Waals surface area contributed by atoms with E-state index in [9.17, 15) is 4.79 Å². The maximum Gasteiger partial charge on any atom is 0.323 e. The third-order valence-corrected chi connectivity index (χ3v) is 5.18. The van der Waals surface area contributed by atoms with Crippen LogP contribution >= 0.6 is 11.3 Å². The van der Waals surface area contributed by atoms with Crippen molar-refractivity contribution in [2.45, 2.75) is 32.7 Å². The van der Waals surface area contributed by atoms with Crippen molar-refractivity contribution < 1.29 is 4.79 Å². The van der Waals surface area contributed by atoms with E-state index in [1.165, 1.54) is 16.7 Å². The van der Waals surface area contributed by atoms with Gasteiger partial charge in [0.05, 0.1) is 0 Å². The van der Waals surface area contributed by atoms with Gasteiger partial charge in [-0.1, -0.05) is 74.6 Å². The summed E-state index contributed by atoms with van der Waals surface area (Å²) in [4.78, 5) is 14.1. The van der Waals surface area contributed by atoms with Crippen molar-refractivity contribution >= 4 is 33.3 Å². The van der Waals surface area contributed by atoms with Gasteiger partial charge in [-0.15, -0.1) is 10.2 Å². The van der Waals surface area contributed by atoms with Crippen LogP contribution in [-0.2, 0) is 12.0 Å². The highest BCUT2D eigenvalue weighted by Crippen LogP contribution is 2.28. The van der Waals surface area contributed by atoms with Gasteiger partial charge >= 0.3 is 6.03 Å². The number of nitrogens with zero attached hydrogens (tertiary/aromatic N) is 3. The first-order valence-corrected chi connectivity index (χ1v) is 8.99. The van der Waals surface area contributed by atoms with Crippen molar-refractivity contribution in [3.05, 3.63) is 53.0 Å². The van der Waals surface area contributed by atoms with Gasteiger partial charge < -0.3 is 4.90 Å². The van der Waals surface area contributed by atoms with E-state index in [4.69, 9.17) is 0 Å². The Labute approximate surface area is 151 Å². The number of fused-ring (bicyclic) bond motifs is 1. The highest BCUT2D eigenvalue weighted by atomic mass is 32.1. The first kappa shape index (κ1) is 17.4. The quantitative estimate of drug-likeness (QED) is 0.744. The average molecular weight is 354 g/mol. The maximum absolute atomic E-state index is 12.5. The van der Waals surface area contributed by atoms with Crippen molar-refractivity contribution in [2.75, 3.05) is 12.4 Å². The number of rotatable bonds is 3. The lowest BCUT2D eigenvalue weighted by Crippen LogP contribution is -2.30. The minimum atomic E-state index is -0.190. The van der Waals surface area contributed by atoms with Crippen LogP contribution < -0.4 is 5.32 Å². The lowest BCUT2D eigenvalue weighted by atomic mass is 9.98. The topological polar surface area (TPSA) is 58.1 Å². The molecule has 0 bridgehead atoms. The summed E-state index contributed by atoms with van der Waals surface area (Å²) in [6.07, 6.45) is 0. The van der Waals surface area contributed by atoms with Crippen LogP contribution in [0, 0.1) is 0 Å². The summed E-state index contributed by atoms with van der Waals surface area (Å²) in [6.45, 7) is 6.75. The monoisotopic (exact) mass is 354 g/mol. The van der Waals surface area contributed by atoms with Gasteiger partial charge in [-0.05, 0) is 16.3 Å². The van der Waals surface area contributed by atoms with Crippen LogP contribution in [-0.4, -0.2) is 28.2 Å². The second-order valence-electron chi connectivity index (χ2n) is 7.09. The van der Waals surface area contributed by atoms with Gasteiger partial charge in [0.1, 0.15) is 5.01 Å². The molecule has 25 heavy (non-hydrogen) atoms. The lowest BCUT2D eigenvalue weighted by Gasteiger charge is -2.18. The minimum Gasteiger partial charge on any atom is -0.323 e. The molecule has 1 heterocycles. The molecule has 3 rings (SSSR count). The molecule has 0 atom stereocenters. The molecule has 0 saturated carbocycles. The highest BCUT2D eigenvalue weighted by Gasteiger charge is 2.20. The number of aromatic nitrogens is 2. The Morgan fingerprint density at radius 3 is 2.56 bits per heavy atom. The van der Waals surface area contributed by atoms with E-state index in [1.54, 1.807) is 11.9 Å². The molecule has 1 aromatic heterocycles. The van der Waals surface area contributed by atoms with Crippen LogP contribution in [0.25, 0.3) is 10.8 Å². The summed E-state index contributed by atoms with van der Waals surface area (Å²) in [7, 11) is 1.78. The molecule has 0 radical (unpaired) electrons. The lowest BCUT2D eigenvalue weighted by molar-refractivity contribution is 0.221. The Kier molecular flexibility index (Phi) is 4.72. The number of hydrogen-bond acceptors (Lipinski definition) is 4. The summed E-state index contributed by atoms with van der Waals surface area (Å²) in [5.41, 5.74) is 1.04. The molecule has 2 aromatic carbocycles. The molecule has 5 nitrogen and oxygen atoms in total. The summed E-state index contributed by atoms with van der Waals surface area (Å²) in [5.74, 6) is 0. The summed E-state index contributed by atoms with van der Waals surface area (Å²) >= 11 is 1.41. The van der Waals surface area contributed by atoms with Crippen molar-refractivity contribution in [3.8, 4) is 0 Å². The molecule has 6 heteroatoms. The third-order valence-electron chi connectivity index (χ3n) is 3.91. The zero-order valence-corrected chi connectivity index (χ0v) is 15.7. The molecule has 2 amide bonds. The number of anilines is 1. The van der Waals surface area contributed by atoms with Crippen molar-refractivity contribution in [1.82, 2.24) is 15.1 Å². The number of nitrogens with one attached hydrogen (secondary N) is 1. The molecular weight excluding hydrogens is 332 g/mol. The van der Waals surface area contributed by atoms with Crippen molar-refractivity contribution in [1.29, 1.82) is 0 Å². The standard InChI is InChI=1S/C19H22N4OS/c1-19(2,3)16-21-22-17(25-16)20-18(24)23(4)12-14-10-7-9-13-8-5-6-11-15(13)14/h5-11H,12H2,1-4H3,(H,20,22,24). The Hall–Kier alpha value is -2.47. The molecule has 0 saturated heterocycles. The van der Waals surface area contributed by atoms with Gasteiger partial charge in [-0.2, -0.15) is 0 Å². The SMILES string of the molecule is CN(Cc1cccc2ccccc12)C(=O)Nc1nnc(C(C)(C)C)s1. The second-order valence-corrected chi connectivity index (χ2v) is 8.06. The van der Waals surface area contributed by atoms with Crippen LogP contribution in [0.3, 0.4) is 0 Å². The Balaban J connectivity index is 1.71. The predicted molar refractivity (Wildman–Crippen MR) is 103 cm³/mol. The van der Waals surface area contributed by atoms with Crippen molar-refractivity contribution in [2.24, 2.45) is 0 Å². The van der Waals surface area contributed by atoms with E-state index in [2.05, 4.69) is 60.6 Å².